The molecule has 0 bridgehead atoms. The number of carbonyl (C=O) groups excluding carboxylic acids is 3. The summed E-state index contributed by atoms with van der Waals surface area (Å²) in [5.41, 5.74) is -0.744. The van der Waals surface area contributed by atoms with Gasteiger partial charge in [0.2, 0.25) is 5.91 Å². The lowest BCUT2D eigenvalue weighted by atomic mass is 9.74. The molecule has 6 atom stereocenters. The van der Waals surface area contributed by atoms with Crippen molar-refractivity contribution in [3.05, 3.63) is 48.6 Å². The standard InChI is InChI=1S/C31H41N3O6/c1-6-32(7-2)21-11-13-22(14-12-21)33-17-10-16-31-24(25-29(38)39-18-9-8-15-30(25,5)40-31)27(36)34(26(31)28(33)37)23(19-35)20(3)4/h8,10-16,20,23-26,35H,6-7,9,17-19H2,1-5H3/t23-,24-,25+,26?,30-,31-/m0/s1. The van der Waals surface area contributed by atoms with Crippen molar-refractivity contribution >= 4 is 29.2 Å². The molecule has 1 aromatic carbocycles. The Bertz CT molecular complexity index is 1210. The van der Waals surface area contributed by atoms with Gasteiger partial charge in [0.25, 0.3) is 5.91 Å². The Balaban J connectivity index is 1.62. The van der Waals surface area contributed by atoms with Crippen molar-refractivity contribution in [2.75, 3.05) is 42.6 Å². The largest absolute Gasteiger partial charge is 0.465 e. The Labute approximate surface area is 236 Å². The fourth-order valence-electron chi connectivity index (χ4n) is 7.07. The first-order valence-corrected chi connectivity index (χ1v) is 14.4. The second kappa shape index (κ2) is 10.7. The summed E-state index contributed by atoms with van der Waals surface area (Å²) in [5.74, 6) is -3.19. The van der Waals surface area contributed by atoms with Crippen LogP contribution in [0.1, 0.15) is 41.0 Å². The normalized spacial score (nSPS) is 32.3. The Kier molecular flexibility index (Phi) is 7.56. The van der Waals surface area contributed by atoms with Crippen LogP contribution < -0.4 is 9.80 Å². The van der Waals surface area contributed by atoms with Crippen molar-refractivity contribution in [1.29, 1.82) is 0 Å². The molecular weight excluding hydrogens is 510 g/mol. The van der Waals surface area contributed by atoms with Crippen LogP contribution in [0, 0.1) is 17.8 Å². The molecule has 1 aromatic rings. The molecule has 0 aliphatic carbocycles. The van der Waals surface area contributed by atoms with Gasteiger partial charge in [0.15, 0.2) is 0 Å². The van der Waals surface area contributed by atoms with Gasteiger partial charge in [-0.05, 0) is 57.4 Å². The molecule has 4 aliphatic rings. The van der Waals surface area contributed by atoms with Crippen LogP contribution >= 0.6 is 0 Å². The monoisotopic (exact) mass is 551 g/mol. The third kappa shape index (κ3) is 4.25. The quantitative estimate of drug-likeness (QED) is 0.411. The van der Waals surface area contributed by atoms with Crippen molar-refractivity contribution in [2.45, 2.75) is 64.3 Å². The van der Waals surface area contributed by atoms with Gasteiger partial charge in [0.05, 0.1) is 30.8 Å². The first-order valence-electron chi connectivity index (χ1n) is 14.4. The fraction of sp³-hybridized carbons (Fsp3) is 0.581. The summed E-state index contributed by atoms with van der Waals surface area (Å²) in [6.45, 7) is 11.7. The maximum Gasteiger partial charge on any atom is 0.313 e. The van der Waals surface area contributed by atoms with Gasteiger partial charge in [-0.2, -0.15) is 0 Å². The molecule has 9 nitrogen and oxygen atoms in total. The van der Waals surface area contributed by atoms with E-state index in [-0.39, 0.29) is 37.5 Å². The highest BCUT2D eigenvalue weighted by Crippen LogP contribution is 2.58. The number of nitrogens with zero attached hydrogens (tertiary/aromatic N) is 3. The summed E-state index contributed by atoms with van der Waals surface area (Å²) in [5, 5.41) is 10.4. The molecule has 40 heavy (non-hydrogen) atoms. The molecule has 0 saturated carbocycles. The minimum absolute atomic E-state index is 0.137. The van der Waals surface area contributed by atoms with E-state index in [4.69, 9.17) is 9.47 Å². The average Bonchev–Trinajstić information content (AvgIpc) is 3.24. The number of hydrogen-bond acceptors (Lipinski definition) is 7. The fourth-order valence-corrected chi connectivity index (χ4v) is 7.07. The summed E-state index contributed by atoms with van der Waals surface area (Å²) in [7, 11) is 0. The van der Waals surface area contributed by atoms with Gasteiger partial charge >= 0.3 is 5.97 Å². The number of anilines is 2. The molecule has 5 rings (SSSR count). The first kappa shape index (κ1) is 28.4. The predicted octanol–water partition coefficient (Wildman–Crippen LogP) is 2.93. The van der Waals surface area contributed by atoms with Gasteiger partial charge in [-0.3, -0.25) is 14.4 Å². The molecule has 2 amide bonds. The number of benzene rings is 1. The molecule has 1 N–H and O–H groups in total. The van der Waals surface area contributed by atoms with E-state index in [2.05, 4.69) is 18.7 Å². The number of amides is 2. The predicted molar refractivity (Wildman–Crippen MR) is 152 cm³/mol. The van der Waals surface area contributed by atoms with Gasteiger partial charge in [-0.15, -0.1) is 0 Å². The molecule has 9 heteroatoms. The molecule has 1 unspecified atom stereocenters. The average molecular weight is 552 g/mol. The summed E-state index contributed by atoms with van der Waals surface area (Å²) >= 11 is 0. The zero-order valence-corrected chi connectivity index (χ0v) is 24.1. The molecule has 0 radical (unpaired) electrons. The van der Waals surface area contributed by atoms with Crippen molar-refractivity contribution in [2.24, 2.45) is 17.8 Å². The molecular formula is C31H41N3O6. The van der Waals surface area contributed by atoms with E-state index in [1.54, 1.807) is 11.8 Å². The van der Waals surface area contributed by atoms with E-state index in [0.717, 1.165) is 18.8 Å². The molecule has 1 spiro atoms. The third-order valence-electron chi connectivity index (χ3n) is 9.06. The lowest BCUT2D eigenvalue weighted by Crippen LogP contribution is -2.59. The number of cyclic esters (lactones) is 1. The number of aliphatic hydroxyl groups excluding tert-OH is 1. The van der Waals surface area contributed by atoms with Crippen LogP contribution in [0.2, 0.25) is 0 Å². The van der Waals surface area contributed by atoms with Crippen LogP contribution in [-0.4, -0.2) is 83.9 Å². The number of esters is 1. The van der Waals surface area contributed by atoms with E-state index >= 15 is 0 Å². The van der Waals surface area contributed by atoms with Crippen LogP contribution in [-0.2, 0) is 23.9 Å². The molecule has 4 heterocycles. The van der Waals surface area contributed by atoms with Gasteiger partial charge < -0.3 is 29.3 Å². The molecule has 4 aliphatic heterocycles. The lowest BCUT2D eigenvalue weighted by molar-refractivity contribution is -0.160. The van der Waals surface area contributed by atoms with Crippen molar-refractivity contribution in [1.82, 2.24) is 4.90 Å². The highest BCUT2D eigenvalue weighted by molar-refractivity contribution is 6.05. The van der Waals surface area contributed by atoms with E-state index < -0.39 is 41.1 Å². The van der Waals surface area contributed by atoms with E-state index in [9.17, 15) is 19.5 Å². The summed E-state index contributed by atoms with van der Waals surface area (Å²) in [6.07, 6.45) is 7.98. The van der Waals surface area contributed by atoms with Crippen molar-refractivity contribution in [3.63, 3.8) is 0 Å². The Morgan fingerprint density at radius 1 is 1.02 bits per heavy atom. The van der Waals surface area contributed by atoms with E-state index in [1.807, 2.05) is 62.4 Å². The van der Waals surface area contributed by atoms with E-state index in [0.29, 0.717) is 12.1 Å². The van der Waals surface area contributed by atoms with Gasteiger partial charge in [0, 0.05) is 31.0 Å². The van der Waals surface area contributed by atoms with E-state index in [1.165, 1.54) is 4.90 Å². The zero-order valence-electron chi connectivity index (χ0n) is 24.1. The summed E-state index contributed by atoms with van der Waals surface area (Å²) < 4.78 is 12.3. The number of carbonyl (C=O) groups is 3. The molecule has 2 fully saturated rings. The summed E-state index contributed by atoms with van der Waals surface area (Å²) in [6, 6.07) is 6.16. The van der Waals surface area contributed by atoms with Crippen LogP contribution in [0.4, 0.5) is 11.4 Å². The SMILES string of the molecule is CCN(CC)c1ccc(N2CC=C[C@]34O[C@@]5(C)C=CCCOC(=O)[C@H]5[C@H]3C(=O)N([C@@H](CO)C(C)C)C4C2=O)cc1. The first-order chi connectivity index (χ1) is 19.1. The minimum Gasteiger partial charge on any atom is -0.465 e. The maximum atomic E-state index is 14.6. The maximum absolute atomic E-state index is 14.6. The van der Waals surface area contributed by atoms with Crippen molar-refractivity contribution in [3.8, 4) is 0 Å². The molecule has 0 aromatic heterocycles. The topological polar surface area (TPSA) is 99.6 Å². The zero-order chi connectivity index (χ0) is 28.8. The highest BCUT2D eigenvalue weighted by atomic mass is 16.6. The number of ether oxygens (including phenoxy) is 2. The molecule has 2 saturated heterocycles. The lowest BCUT2D eigenvalue weighted by Gasteiger charge is -2.41. The highest BCUT2D eigenvalue weighted by Gasteiger charge is 2.75. The Morgan fingerprint density at radius 3 is 2.35 bits per heavy atom. The van der Waals surface area contributed by atoms with Crippen LogP contribution in [0.3, 0.4) is 0 Å². The number of fused-ring (bicyclic) bond motifs is 2. The van der Waals surface area contributed by atoms with Gasteiger partial charge in [-0.1, -0.05) is 38.2 Å². The number of aliphatic hydroxyl groups is 1. The van der Waals surface area contributed by atoms with Crippen LogP contribution in [0.15, 0.2) is 48.6 Å². The Morgan fingerprint density at radius 2 is 1.73 bits per heavy atom. The molecule has 216 valence electrons. The second-order valence-corrected chi connectivity index (χ2v) is 11.6. The minimum atomic E-state index is -1.39. The number of rotatable bonds is 7. The summed E-state index contributed by atoms with van der Waals surface area (Å²) in [4.78, 5) is 47.8. The van der Waals surface area contributed by atoms with Crippen LogP contribution in [0.25, 0.3) is 0 Å². The smallest absolute Gasteiger partial charge is 0.313 e. The van der Waals surface area contributed by atoms with Gasteiger partial charge in [-0.25, -0.2) is 0 Å². The van der Waals surface area contributed by atoms with Crippen molar-refractivity contribution < 1.29 is 29.0 Å². The van der Waals surface area contributed by atoms with Gasteiger partial charge in [0.1, 0.15) is 17.6 Å². The second-order valence-electron chi connectivity index (χ2n) is 11.6. The Hall–Kier alpha value is -3.17. The third-order valence-corrected chi connectivity index (χ3v) is 9.06. The number of hydrogen-bond donors (Lipinski definition) is 1. The van der Waals surface area contributed by atoms with Crippen LogP contribution in [0.5, 0.6) is 0 Å². The number of likely N-dealkylation sites (tertiary alicyclic amines) is 1.